The first-order chi connectivity index (χ1) is 5.43. The average molecular weight is 205 g/mol. The van der Waals surface area contributed by atoms with Crippen LogP contribution in [0.25, 0.3) is 0 Å². The topological polar surface area (TPSA) is 17.1 Å². The van der Waals surface area contributed by atoms with E-state index in [-0.39, 0.29) is 5.78 Å². The van der Waals surface area contributed by atoms with Gasteiger partial charge >= 0.3 is 0 Å². The third kappa shape index (κ3) is 5.16. The van der Waals surface area contributed by atoms with Crippen molar-refractivity contribution in [2.45, 2.75) is 13.8 Å². The van der Waals surface area contributed by atoms with E-state index in [1.807, 2.05) is 0 Å². The van der Waals surface area contributed by atoms with Gasteiger partial charge in [0.15, 0.2) is 5.78 Å². The van der Waals surface area contributed by atoms with E-state index < -0.39 is 0 Å². The van der Waals surface area contributed by atoms with Gasteiger partial charge in [0.1, 0.15) is 0 Å². The van der Waals surface area contributed by atoms with E-state index in [0.717, 1.165) is 0 Å². The zero-order chi connectivity index (χ0) is 9.72. The van der Waals surface area contributed by atoms with E-state index in [2.05, 4.69) is 6.58 Å². The number of rotatable bonds is 3. The van der Waals surface area contributed by atoms with Crippen molar-refractivity contribution in [3.63, 3.8) is 0 Å². The lowest BCUT2D eigenvalue weighted by molar-refractivity contribution is -0.113. The summed E-state index contributed by atoms with van der Waals surface area (Å²) in [6.45, 7) is 6.61. The Balaban J connectivity index is 4.54. The lowest BCUT2D eigenvalue weighted by atomic mass is 10.2. The van der Waals surface area contributed by atoms with Gasteiger partial charge in [0.2, 0.25) is 0 Å². The van der Waals surface area contributed by atoms with E-state index in [1.54, 1.807) is 13.0 Å². The van der Waals surface area contributed by atoms with Crippen molar-refractivity contribution < 1.29 is 4.79 Å². The molecular weight excluding hydrogens is 195 g/mol. The molecule has 0 aliphatic heterocycles. The minimum Gasteiger partial charge on any atom is -0.295 e. The quantitative estimate of drug-likeness (QED) is 0.509. The molecule has 1 nitrogen and oxygen atoms in total. The van der Waals surface area contributed by atoms with Crippen molar-refractivity contribution in [1.29, 1.82) is 0 Å². The van der Waals surface area contributed by atoms with Gasteiger partial charge in [-0.1, -0.05) is 29.8 Å². The molecule has 0 fully saturated rings. The van der Waals surface area contributed by atoms with Crippen LogP contribution >= 0.6 is 23.2 Å². The molecule has 0 aromatic heterocycles. The van der Waals surface area contributed by atoms with Crippen LogP contribution in [0.1, 0.15) is 13.8 Å². The molecule has 0 radical (unpaired) electrons. The number of Topliss-reactive ketones (excluding diaryl/α,β-unsaturated/α-hetero) is 1. The first-order valence-electron chi connectivity index (χ1n) is 3.34. The maximum Gasteiger partial charge on any atom is 0.155 e. The first-order valence-corrected chi connectivity index (χ1v) is 4.10. The zero-order valence-electron chi connectivity index (χ0n) is 7.03. The smallest absolute Gasteiger partial charge is 0.155 e. The first kappa shape index (κ1) is 11.5. The largest absolute Gasteiger partial charge is 0.295 e. The second-order valence-electron chi connectivity index (χ2n) is 2.36. The minimum atomic E-state index is -0.0123. The lowest BCUT2D eigenvalue weighted by Gasteiger charge is -1.93. The molecule has 0 saturated heterocycles. The molecule has 0 atom stereocenters. The minimum absolute atomic E-state index is 0.0123. The Kier molecular flexibility index (Phi) is 4.95. The Labute approximate surface area is 82.4 Å². The fourth-order valence-electron chi connectivity index (χ4n) is 0.500. The van der Waals surface area contributed by atoms with Crippen LogP contribution in [0, 0.1) is 0 Å². The monoisotopic (exact) mass is 204 g/mol. The fraction of sp³-hybridized carbons (Fsp3) is 0.222. The molecular formula is C9H10Cl2O. The zero-order valence-corrected chi connectivity index (χ0v) is 8.54. The van der Waals surface area contributed by atoms with Crippen LogP contribution in [0.5, 0.6) is 0 Å². The number of carbonyl (C=O) groups is 1. The third-order valence-electron chi connectivity index (χ3n) is 1.20. The third-order valence-corrected chi connectivity index (χ3v) is 1.53. The molecule has 0 bridgehead atoms. The molecule has 3 heteroatoms. The second kappa shape index (κ2) is 5.18. The number of allylic oxidation sites excluding steroid dienone is 5. The summed E-state index contributed by atoms with van der Waals surface area (Å²) in [6, 6.07) is 0. The van der Waals surface area contributed by atoms with Gasteiger partial charge in [0.25, 0.3) is 0 Å². The summed E-state index contributed by atoms with van der Waals surface area (Å²) >= 11 is 11.2. The summed E-state index contributed by atoms with van der Waals surface area (Å²) in [5.41, 5.74) is 0.592. The van der Waals surface area contributed by atoms with Crippen molar-refractivity contribution in [3.05, 3.63) is 34.4 Å². The number of ketones is 1. The Morgan fingerprint density at radius 3 is 2.08 bits per heavy atom. The van der Waals surface area contributed by atoms with Crippen LogP contribution in [-0.2, 0) is 4.79 Å². The molecule has 0 N–H and O–H groups in total. The van der Waals surface area contributed by atoms with Gasteiger partial charge in [-0.25, -0.2) is 0 Å². The van der Waals surface area contributed by atoms with Crippen LogP contribution in [0.4, 0.5) is 0 Å². The molecule has 66 valence electrons. The molecule has 0 saturated carbocycles. The highest BCUT2D eigenvalue weighted by atomic mass is 35.5. The van der Waals surface area contributed by atoms with Crippen molar-refractivity contribution in [2.75, 3.05) is 0 Å². The van der Waals surface area contributed by atoms with Crippen LogP contribution in [0.15, 0.2) is 34.4 Å². The van der Waals surface area contributed by atoms with Crippen molar-refractivity contribution in [2.24, 2.45) is 0 Å². The number of hydrogen-bond donors (Lipinski definition) is 0. The van der Waals surface area contributed by atoms with E-state index in [4.69, 9.17) is 23.2 Å². The van der Waals surface area contributed by atoms with Crippen LogP contribution < -0.4 is 0 Å². The molecule has 0 unspecified atom stereocenters. The van der Waals surface area contributed by atoms with E-state index in [0.29, 0.717) is 15.6 Å². The molecule has 0 amide bonds. The maximum atomic E-state index is 10.8. The summed E-state index contributed by atoms with van der Waals surface area (Å²) in [5.74, 6) is -0.0123. The van der Waals surface area contributed by atoms with Crippen LogP contribution in [-0.4, -0.2) is 5.78 Å². The predicted molar refractivity (Wildman–Crippen MR) is 53.4 cm³/mol. The normalized spacial score (nSPS) is 13.0. The molecule has 0 heterocycles. The SMILES string of the molecule is C=C(Cl)/C=C(Cl)\C=C(/C)C(C)=O. The molecule has 12 heavy (non-hydrogen) atoms. The summed E-state index contributed by atoms with van der Waals surface area (Å²) in [5, 5.41) is 0.746. The highest BCUT2D eigenvalue weighted by molar-refractivity contribution is 6.35. The molecule has 0 spiro atoms. The number of halogens is 2. The van der Waals surface area contributed by atoms with Crippen LogP contribution in [0.2, 0.25) is 0 Å². The molecule has 0 aromatic carbocycles. The molecule has 0 rings (SSSR count). The van der Waals surface area contributed by atoms with Crippen LogP contribution in [0.3, 0.4) is 0 Å². The Morgan fingerprint density at radius 2 is 1.75 bits per heavy atom. The average Bonchev–Trinajstić information content (AvgIpc) is 1.84. The van der Waals surface area contributed by atoms with Crippen molar-refractivity contribution in [1.82, 2.24) is 0 Å². The van der Waals surface area contributed by atoms with Gasteiger partial charge in [0, 0.05) is 10.1 Å². The summed E-state index contributed by atoms with van der Waals surface area (Å²) in [6.07, 6.45) is 3.03. The standard InChI is InChI=1S/C9H10Cl2O/c1-6(8(3)12)4-9(11)5-7(2)10/h4-5H,2H2,1,3H3/b6-4+,9-5+. The van der Waals surface area contributed by atoms with Crippen molar-refractivity contribution >= 4 is 29.0 Å². The Hall–Kier alpha value is -0.530. The second-order valence-corrected chi connectivity index (χ2v) is 3.28. The van der Waals surface area contributed by atoms with E-state index in [9.17, 15) is 4.79 Å². The summed E-state index contributed by atoms with van der Waals surface area (Å²) in [4.78, 5) is 10.8. The molecule has 0 aromatic rings. The molecule has 0 aliphatic rings. The highest BCUT2D eigenvalue weighted by Gasteiger charge is 1.96. The van der Waals surface area contributed by atoms with Gasteiger partial charge in [-0.15, -0.1) is 0 Å². The Bertz CT molecular complexity index is 262. The predicted octanol–water partition coefficient (Wildman–Crippen LogP) is 3.40. The lowest BCUT2D eigenvalue weighted by Crippen LogP contribution is -1.90. The fourth-order valence-corrected chi connectivity index (χ4v) is 0.969. The van der Waals surface area contributed by atoms with Gasteiger partial charge in [-0.2, -0.15) is 0 Å². The van der Waals surface area contributed by atoms with Gasteiger partial charge in [-0.3, -0.25) is 4.79 Å². The number of hydrogen-bond acceptors (Lipinski definition) is 1. The van der Waals surface area contributed by atoms with E-state index >= 15 is 0 Å². The van der Waals surface area contributed by atoms with Gasteiger partial charge in [0.05, 0.1) is 0 Å². The Morgan fingerprint density at radius 1 is 1.25 bits per heavy atom. The maximum absolute atomic E-state index is 10.8. The summed E-state index contributed by atoms with van der Waals surface area (Å²) in [7, 11) is 0. The molecule has 0 aliphatic carbocycles. The number of carbonyl (C=O) groups excluding carboxylic acids is 1. The van der Waals surface area contributed by atoms with Crippen molar-refractivity contribution in [3.8, 4) is 0 Å². The summed E-state index contributed by atoms with van der Waals surface area (Å²) < 4.78 is 0. The highest BCUT2D eigenvalue weighted by Crippen LogP contribution is 2.12. The van der Waals surface area contributed by atoms with E-state index in [1.165, 1.54) is 13.0 Å². The van der Waals surface area contributed by atoms with Gasteiger partial charge in [-0.05, 0) is 31.6 Å². The van der Waals surface area contributed by atoms with Gasteiger partial charge < -0.3 is 0 Å².